The molecule has 0 saturated heterocycles. The average Bonchev–Trinajstić information content (AvgIpc) is 3.10. The monoisotopic (exact) mass is 367 g/mol. The summed E-state index contributed by atoms with van der Waals surface area (Å²) in [5.74, 6) is 0.712. The first kappa shape index (κ1) is 17.1. The smallest absolute Gasteiger partial charge is 0.226 e. The first-order valence-electron chi connectivity index (χ1n) is 8.47. The Labute approximate surface area is 155 Å². The Balaban J connectivity index is 1.87. The van der Waals surface area contributed by atoms with Crippen LogP contribution in [-0.2, 0) is 4.79 Å². The Morgan fingerprint density at radius 1 is 1.15 bits per heavy atom. The quantitative estimate of drug-likeness (QED) is 0.766. The highest BCUT2D eigenvalue weighted by atomic mass is 19.1. The van der Waals surface area contributed by atoms with Crippen molar-refractivity contribution in [3.05, 3.63) is 65.9 Å². The maximum atomic E-state index is 14.3. The summed E-state index contributed by atoms with van der Waals surface area (Å²) in [5.41, 5.74) is 1.78. The molecule has 2 heterocycles. The van der Waals surface area contributed by atoms with Gasteiger partial charge in [-0.3, -0.25) is 9.36 Å². The van der Waals surface area contributed by atoms with Crippen molar-refractivity contribution in [1.29, 1.82) is 0 Å². The Bertz CT molecular complexity index is 1020. The van der Waals surface area contributed by atoms with Gasteiger partial charge in [0.25, 0.3) is 0 Å². The second kappa shape index (κ2) is 6.75. The summed E-state index contributed by atoms with van der Waals surface area (Å²) in [5, 5.41) is 2.82. The zero-order valence-corrected chi connectivity index (χ0v) is 14.9. The highest BCUT2D eigenvalue weighted by Gasteiger charge is 2.33. The van der Waals surface area contributed by atoms with Crippen LogP contribution in [0.4, 0.5) is 10.2 Å². The van der Waals surface area contributed by atoms with Crippen LogP contribution < -0.4 is 14.8 Å². The molecule has 0 fully saturated rings. The van der Waals surface area contributed by atoms with Crippen LogP contribution in [-0.4, -0.2) is 29.7 Å². The molecule has 1 N–H and O–H groups in total. The van der Waals surface area contributed by atoms with Crippen LogP contribution in [0.2, 0.25) is 0 Å². The second-order valence-electron chi connectivity index (χ2n) is 6.19. The molecule has 1 atom stereocenters. The SMILES string of the molecule is COc1cccc([C@@H]2CC(=O)Nc3c2ncn3-c2ccccc2F)c1OC. The Hall–Kier alpha value is -3.35. The number of para-hydroxylation sites is 2. The third-order valence-electron chi connectivity index (χ3n) is 4.69. The van der Waals surface area contributed by atoms with Gasteiger partial charge in [-0.15, -0.1) is 0 Å². The molecule has 0 aliphatic carbocycles. The molecule has 138 valence electrons. The van der Waals surface area contributed by atoms with Gasteiger partial charge in [0.15, 0.2) is 11.5 Å². The summed E-state index contributed by atoms with van der Waals surface area (Å²) >= 11 is 0. The molecular formula is C20H18FN3O3. The number of imidazole rings is 1. The summed E-state index contributed by atoms with van der Waals surface area (Å²) in [6.45, 7) is 0. The molecule has 0 saturated carbocycles. The lowest BCUT2D eigenvalue weighted by molar-refractivity contribution is -0.116. The van der Waals surface area contributed by atoms with Crippen molar-refractivity contribution >= 4 is 11.7 Å². The van der Waals surface area contributed by atoms with E-state index in [1.807, 2.05) is 12.1 Å². The van der Waals surface area contributed by atoms with E-state index in [1.165, 1.54) is 12.4 Å². The molecule has 2 aromatic carbocycles. The minimum Gasteiger partial charge on any atom is -0.493 e. The normalized spacial score (nSPS) is 15.8. The van der Waals surface area contributed by atoms with Crippen LogP contribution in [0.25, 0.3) is 5.69 Å². The van der Waals surface area contributed by atoms with Crippen molar-refractivity contribution < 1.29 is 18.7 Å². The van der Waals surface area contributed by atoms with E-state index in [-0.39, 0.29) is 18.2 Å². The standard InChI is InChI=1S/C20H18FN3O3/c1-26-16-9-5-6-12(19(16)27-2)13-10-17(25)23-20-18(13)22-11-24(20)15-8-4-3-7-14(15)21/h3-9,11,13H,10H2,1-2H3,(H,23,25)/t13-/m0/s1. The van der Waals surface area contributed by atoms with Gasteiger partial charge in [-0.05, 0) is 18.2 Å². The van der Waals surface area contributed by atoms with E-state index >= 15 is 0 Å². The number of anilines is 1. The number of nitrogens with zero attached hydrogens (tertiary/aromatic N) is 2. The number of nitrogens with one attached hydrogen (secondary N) is 1. The number of carbonyl (C=O) groups is 1. The summed E-state index contributed by atoms with van der Waals surface area (Å²) in [7, 11) is 3.12. The molecule has 1 aliphatic heterocycles. The van der Waals surface area contributed by atoms with E-state index in [0.717, 1.165) is 5.56 Å². The molecule has 0 radical (unpaired) electrons. The molecule has 0 bridgehead atoms. The number of hydrogen-bond donors (Lipinski definition) is 1. The first-order chi connectivity index (χ1) is 13.1. The zero-order chi connectivity index (χ0) is 19.0. The maximum absolute atomic E-state index is 14.3. The van der Waals surface area contributed by atoms with Gasteiger partial charge in [0.2, 0.25) is 5.91 Å². The lowest BCUT2D eigenvalue weighted by Crippen LogP contribution is -2.25. The van der Waals surface area contributed by atoms with Crippen molar-refractivity contribution in [2.75, 3.05) is 19.5 Å². The van der Waals surface area contributed by atoms with Crippen molar-refractivity contribution in [2.24, 2.45) is 0 Å². The molecule has 7 heteroatoms. The Morgan fingerprint density at radius 2 is 1.96 bits per heavy atom. The largest absolute Gasteiger partial charge is 0.493 e. The molecular weight excluding hydrogens is 349 g/mol. The van der Waals surface area contributed by atoms with Crippen molar-refractivity contribution in [2.45, 2.75) is 12.3 Å². The molecule has 6 nitrogen and oxygen atoms in total. The van der Waals surface area contributed by atoms with E-state index in [4.69, 9.17) is 9.47 Å². The third kappa shape index (κ3) is 2.81. The average molecular weight is 367 g/mol. The molecule has 27 heavy (non-hydrogen) atoms. The number of benzene rings is 2. The van der Waals surface area contributed by atoms with Gasteiger partial charge < -0.3 is 14.8 Å². The summed E-state index contributed by atoms with van der Waals surface area (Å²) in [6, 6.07) is 11.9. The predicted molar refractivity (Wildman–Crippen MR) is 98.2 cm³/mol. The second-order valence-corrected chi connectivity index (χ2v) is 6.19. The number of carbonyl (C=O) groups excluding carboxylic acids is 1. The van der Waals surface area contributed by atoms with E-state index in [2.05, 4.69) is 10.3 Å². The first-order valence-corrected chi connectivity index (χ1v) is 8.47. The third-order valence-corrected chi connectivity index (χ3v) is 4.69. The summed E-state index contributed by atoms with van der Waals surface area (Å²) in [6.07, 6.45) is 1.74. The topological polar surface area (TPSA) is 65.4 Å². The lowest BCUT2D eigenvalue weighted by atomic mass is 9.89. The number of fused-ring (bicyclic) bond motifs is 1. The van der Waals surface area contributed by atoms with Crippen molar-refractivity contribution in [3.8, 4) is 17.2 Å². The zero-order valence-electron chi connectivity index (χ0n) is 14.9. The van der Waals surface area contributed by atoms with E-state index in [1.54, 1.807) is 43.1 Å². The minimum absolute atomic E-state index is 0.171. The van der Waals surface area contributed by atoms with Crippen LogP contribution in [0.5, 0.6) is 11.5 Å². The number of halogens is 1. The summed E-state index contributed by atoms with van der Waals surface area (Å²) < 4.78 is 26.7. The van der Waals surface area contributed by atoms with Gasteiger partial charge in [-0.1, -0.05) is 24.3 Å². The minimum atomic E-state index is -0.395. The Morgan fingerprint density at radius 3 is 2.70 bits per heavy atom. The number of ether oxygens (including phenoxy) is 2. The summed E-state index contributed by atoms with van der Waals surface area (Å²) in [4.78, 5) is 16.9. The van der Waals surface area contributed by atoms with Gasteiger partial charge in [0.05, 0.1) is 25.6 Å². The molecule has 1 aliphatic rings. The molecule has 4 rings (SSSR count). The van der Waals surface area contributed by atoms with Crippen LogP contribution in [0.1, 0.15) is 23.6 Å². The number of amides is 1. The molecule has 3 aromatic rings. The number of methoxy groups -OCH3 is 2. The van der Waals surface area contributed by atoms with Crippen molar-refractivity contribution in [3.63, 3.8) is 0 Å². The van der Waals surface area contributed by atoms with Gasteiger partial charge in [-0.2, -0.15) is 0 Å². The van der Waals surface area contributed by atoms with Crippen LogP contribution in [0, 0.1) is 5.82 Å². The number of hydrogen-bond acceptors (Lipinski definition) is 4. The van der Waals surface area contributed by atoms with E-state index < -0.39 is 5.82 Å². The van der Waals surface area contributed by atoms with Gasteiger partial charge in [0.1, 0.15) is 18.0 Å². The fraction of sp³-hybridized carbons (Fsp3) is 0.200. The van der Waals surface area contributed by atoms with E-state index in [9.17, 15) is 9.18 Å². The van der Waals surface area contributed by atoms with E-state index in [0.29, 0.717) is 28.7 Å². The van der Waals surface area contributed by atoms with Gasteiger partial charge >= 0.3 is 0 Å². The maximum Gasteiger partial charge on any atom is 0.226 e. The predicted octanol–water partition coefficient (Wildman–Crippen LogP) is 3.50. The Kier molecular flexibility index (Phi) is 4.27. The molecule has 0 unspecified atom stereocenters. The lowest BCUT2D eigenvalue weighted by Gasteiger charge is -2.25. The highest BCUT2D eigenvalue weighted by Crippen LogP contribution is 2.43. The van der Waals surface area contributed by atoms with Crippen LogP contribution in [0.15, 0.2) is 48.8 Å². The van der Waals surface area contributed by atoms with Gasteiger partial charge in [0, 0.05) is 17.9 Å². The highest BCUT2D eigenvalue weighted by molar-refractivity contribution is 5.94. The number of rotatable bonds is 4. The fourth-order valence-corrected chi connectivity index (χ4v) is 3.48. The van der Waals surface area contributed by atoms with Crippen LogP contribution in [0.3, 0.4) is 0 Å². The molecule has 1 aromatic heterocycles. The number of aromatic nitrogens is 2. The van der Waals surface area contributed by atoms with Crippen molar-refractivity contribution in [1.82, 2.24) is 9.55 Å². The fourth-order valence-electron chi connectivity index (χ4n) is 3.48. The van der Waals surface area contributed by atoms with Gasteiger partial charge in [-0.25, -0.2) is 9.37 Å². The molecule has 0 spiro atoms. The van der Waals surface area contributed by atoms with Crippen LogP contribution >= 0.6 is 0 Å². The molecule has 1 amide bonds.